The second-order valence-corrected chi connectivity index (χ2v) is 16.0. The molecule has 0 saturated heterocycles. The van der Waals surface area contributed by atoms with Crippen molar-refractivity contribution in [1.82, 2.24) is 0 Å². The first kappa shape index (κ1) is 38.4. The maximum absolute atomic E-state index is 15.6. The number of ether oxygens (including phenoxy) is 2. The topological polar surface area (TPSA) is 116 Å². The Morgan fingerprint density at radius 1 is 0.980 bits per heavy atom. The van der Waals surface area contributed by atoms with Crippen molar-refractivity contribution in [1.29, 1.82) is 0 Å². The van der Waals surface area contributed by atoms with Crippen LogP contribution < -0.4 is 9.04 Å². The summed E-state index contributed by atoms with van der Waals surface area (Å²) in [6.45, 7) is 11.7. The van der Waals surface area contributed by atoms with Gasteiger partial charge in [-0.25, -0.2) is 12.8 Å². The highest BCUT2D eigenvalue weighted by molar-refractivity contribution is 7.99. The van der Waals surface area contributed by atoms with E-state index in [0.29, 0.717) is 12.2 Å². The number of nitro groups is 1. The number of hydrogen-bond donors (Lipinski definition) is 0. The molecular weight excluding hydrogens is 680 g/mol. The molecular formula is C38H43FN2O7S2. The normalized spacial score (nSPS) is 11.7. The minimum Gasteiger partial charge on any atom is -0.493 e. The van der Waals surface area contributed by atoms with E-state index >= 15 is 4.39 Å². The van der Waals surface area contributed by atoms with Crippen molar-refractivity contribution in [3.05, 3.63) is 117 Å². The highest BCUT2D eigenvalue weighted by atomic mass is 32.2. The van der Waals surface area contributed by atoms with Gasteiger partial charge in [0.05, 0.1) is 23.8 Å². The van der Waals surface area contributed by atoms with E-state index in [9.17, 15) is 23.3 Å². The van der Waals surface area contributed by atoms with E-state index in [1.807, 2.05) is 44.2 Å². The van der Waals surface area contributed by atoms with Gasteiger partial charge in [0.25, 0.3) is 15.7 Å². The first-order valence-electron chi connectivity index (χ1n) is 16.3. The number of aryl methyl sites for hydroxylation is 3. The monoisotopic (exact) mass is 722 g/mol. The zero-order valence-electron chi connectivity index (χ0n) is 29.2. The summed E-state index contributed by atoms with van der Waals surface area (Å²) >= 11 is 1.81. The number of benzene rings is 4. The van der Waals surface area contributed by atoms with Crippen molar-refractivity contribution >= 4 is 39.1 Å². The SMILES string of the molecule is CCSCCOc1cc(C)c(-c2cccc(CN(c3ccc(CCC(=O)OC(C)(C)C)c(F)c3)S(=O)(=O)c3ccccc3[N+](=O)[O-])c2)c(C)c1. The van der Waals surface area contributed by atoms with E-state index in [0.717, 1.165) is 55.9 Å². The van der Waals surface area contributed by atoms with Crippen molar-refractivity contribution in [3.8, 4) is 16.9 Å². The van der Waals surface area contributed by atoms with Gasteiger partial charge in [-0.2, -0.15) is 11.8 Å². The molecule has 9 nitrogen and oxygen atoms in total. The third-order valence-electron chi connectivity index (χ3n) is 7.72. The molecule has 0 spiro atoms. The lowest BCUT2D eigenvalue weighted by atomic mass is 9.94. The van der Waals surface area contributed by atoms with E-state index in [2.05, 4.69) is 6.92 Å². The molecule has 0 atom stereocenters. The molecule has 0 bridgehead atoms. The summed E-state index contributed by atoms with van der Waals surface area (Å²) in [6, 6.07) is 20.3. The Balaban J connectivity index is 1.72. The van der Waals surface area contributed by atoms with Crippen LogP contribution in [0.25, 0.3) is 11.1 Å². The third kappa shape index (κ3) is 9.85. The van der Waals surface area contributed by atoms with Gasteiger partial charge in [-0.05, 0) is 117 Å². The van der Waals surface area contributed by atoms with Crippen molar-refractivity contribution in [2.45, 2.75) is 71.4 Å². The van der Waals surface area contributed by atoms with Crippen LogP contribution in [0.4, 0.5) is 15.8 Å². The van der Waals surface area contributed by atoms with Gasteiger partial charge in [0.15, 0.2) is 4.90 Å². The fraction of sp³-hybridized carbons (Fsp3) is 0.342. The Labute approximate surface area is 298 Å². The van der Waals surface area contributed by atoms with Crippen molar-refractivity contribution in [3.63, 3.8) is 0 Å². The Kier molecular flexibility index (Phi) is 12.7. The molecule has 4 aromatic rings. The first-order valence-corrected chi connectivity index (χ1v) is 18.9. The lowest BCUT2D eigenvalue weighted by molar-refractivity contribution is -0.387. The average molecular weight is 723 g/mol. The van der Waals surface area contributed by atoms with E-state index in [-0.39, 0.29) is 30.6 Å². The van der Waals surface area contributed by atoms with Crippen LogP contribution in [0.2, 0.25) is 0 Å². The summed E-state index contributed by atoms with van der Waals surface area (Å²) in [7, 11) is -4.58. The van der Waals surface area contributed by atoms with Gasteiger partial charge in [0.1, 0.15) is 17.2 Å². The van der Waals surface area contributed by atoms with E-state index in [1.165, 1.54) is 30.3 Å². The minimum absolute atomic E-state index is 0.0258. The fourth-order valence-corrected chi connectivity index (χ4v) is 7.69. The molecule has 266 valence electrons. The summed E-state index contributed by atoms with van der Waals surface area (Å²) in [5.74, 6) is 1.48. The molecule has 0 radical (unpaired) electrons. The summed E-state index contributed by atoms with van der Waals surface area (Å²) in [4.78, 5) is 22.9. The quantitative estimate of drug-likeness (QED) is 0.0518. The molecule has 0 saturated carbocycles. The van der Waals surface area contributed by atoms with E-state index < -0.39 is 42.9 Å². The Hall–Kier alpha value is -4.42. The molecule has 0 aliphatic carbocycles. The first-order chi connectivity index (χ1) is 23.6. The van der Waals surface area contributed by atoms with Crippen LogP contribution in [-0.4, -0.2) is 43.0 Å². The summed E-state index contributed by atoms with van der Waals surface area (Å²) < 4.78 is 56.3. The molecule has 0 heterocycles. The zero-order chi connectivity index (χ0) is 36.6. The molecule has 0 amide bonds. The fourth-order valence-electron chi connectivity index (χ4n) is 5.60. The summed E-state index contributed by atoms with van der Waals surface area (Å²) in [5.41, 5.74) is 3.25. The smallest absolute Gasteiger partial charge is 0.306 e. The number of nitrogens with zero attached hydrogens (tertiary/aromatic N) is 2. The number of anilines is 1. The largest absolute Gasteiger partial charge is 0.493 e. The molecule has 0 fully saturated rings. The Bertz CT molecular complexity index is 1940. The van der Waals surface area contributed by atoms with Crippen LogP contribution in [0.1, 0.15) is 56.4 Å². The summed E-state index contributed by atoms with van der Waals surface area (Å²) in [5, 5.41) is 11.9. The van der Waals surface area contributed by atoms with Gasteiger partial charge in [0, 0.05) is 18.2 Å². The van der Waals surface area contributed by atoms with E-state index in [4.69, 9.17) is 9.47 Å². The van der Waals surface area contributed by atoms with Crippen LogP contribution in [-0.2, 0) is 32.5 Å². The molecule has 0 unspecified atom stereocenters. The molecule has 0 aliphatic rings. The van der Waals surface area contributed by atoms with Gasteiger partial charge in [-0.3, -0.25) is 19.2 Å². The average Bonchev–Trinajstić information content (AvgIpc) is 3.04. The molecule has 4 aromatic carbocycles. The highest BCUT2D eigenvalue weighted by Crippen LogP contribution is 2.35. The van der Waals surface area contributed by atoms with Crippen molar-refractivity contribution in [2.24, 2.45) is 0 Å². The number of carbonyl (C=O) groups is 1. The van der Waals surface area contributed by atoms with Crippen LogP contribution in [0.15, 0.2) is 83.8 Å². The molecule has 0 N–H and O–H groups in total. The molecule has 0 aliphatic heterocycles. The lowest BCUT2D eigenvalue weighted by Gasteiger charge is -2.25. The standard InChI is InChI=1S/C38H43FN2O7S2/c1-7-49-20-19-47-32-21-26(2)37(27(3)22-32)30-12-10-11-28(23-30)25-40(50(45,46)35-14-9-8-13-34(35)41(43)44)31-17-15-29(33(39)24-31)16-18-36(42)48-38(4,5)6/h8-15,17,21-24H,7,16,18-20,25H2,1-6H3. The third-order valence-corrected chi connectivity index (χ3v) is 10.4. The number of rotatable bonds is 15. The molecule has 50 heavy (non-hydrogen) atoms. The number of para-hydroxylation sites is 1. The predicted molar refractivity (Wildman–Crippen MR) is 197 cm³/mol. The number of esters is 1. The number of hydrogen-bond acceptors (Lipinski definition) is 8. The van der Waals surface area contributed by atoms with Crippen LogP contribution >= 0.6 is 11.8 Å². The predicted octanol–water partition coefficient (Wildman–Crippen LogP) is 8.82. The lowest BCUT2D eigenvalue weighted by Crippen LogP contribution is -2.31. The van der Waals surface area contributed by atoms with E-state index in [1.54, 1.807) is 38.6 Å². The number of carbonyl (C=O) groups excluding carboxylic acids is 1. The van der Waals surface area contributed by atoms with Crippen LogP contribution in [0.3, 0.4) is 0 Å². The minimum atomic E-state index is -4.58. The van der Waals surface area contributed by atoms with Crippen LogP contribution in [0.5, 0.6) is 5.75 Å². The number of nitro benzene ring substituents is 1. The molecule has 12 heteroatoms. The van der Waals surface area contributed by atoms with Crippen LogP contribution in [0, 0.1) is 29.8 Å². The number of sulfonamides is 1. The van der Waals surface area contributed by atoms with Crippen molar-refractivity contribution in [2.75, 3.05) is 22.4 Å². The van der Waals surface area contributed by atoms with Crippen molar-refractivity contribution < 1.29 is 32.0 Å². The Morgan fingerprint density at radius 3 is 2.32 bits per heavy atom. The van der Waals surface area contributed by atoms with Gasteiger partial charge < -0.3 is 9.47 Å². The Morgan fingerprint density at radius 2 is 1.68 bits per heavy atom. The number of thioether (sulfide) groups is 1. The maximum atomic E-state index is 15.6. The second kappa shape index (κ2) is 16.5. The van der Waals surface area contributed by atoms with Gasteiger partial charge >= 0.3 is 5.97 Å². The maximum Gasteiger partial charge on any atom is 0.306 e. The molecule has 0 aromatic heterocycles. The van der Waals surface area contributed by atoms with Gasteiger partial charge in [-0.15, -0.1) is 0 Å². The summed E-state index contributed by atoms with van der Waals surface area (Å²) in [6.07, 6.45) is -0.0252. The van der Waals surface area contributed by atoms with Gasteiger partial charge in [0.2, 0.25) is 0 Å². The number of halogens is 1. The second-order valence-electron chi connectivity index (χ2n) is 12.8. The highest BCUT2D eigenvalue weighted by Gasteiger charge is 2.32. The van der Waals surface area contributed by atoms with Gasteiger partial charge in [-0.1, -0.05) is 43.3 Å². The molecule has 4 rings (SSSR count). The zero-order valence-corrected chi connectivity index (χ0v) is 30.8.